The van der Waals surface area contributed by atoms with Gasteiger partial charge in [-0.05, 0) is 42.0 Å². The molecule has 3 aromatic rings. The lowest BCUT2D eigenvalue weighted by Gasteiger charge is -2.07. The van der Waals surface area contributed by atoms with Crippen LogP contribution in [0.15, 0.2) is 70.7 Å². The molecule has 7 heteroatoms. The van der Waals surface area contributed by atoms with Crippen molar-refractivity contribution in [3.05, 3.63) is 72.2 Å². The molecule has 0 atom stereocenters. The molecule has 1 heterocycles. The van der Waals surface area contributed by atoms with Gasteiger partial charge in [-0.15, -0.1) is 11.6 Å². The Morgan fingerprint density at radius 2 is 2.00 bits per heavy atom. The number of aromatic nitrogens is 2. The number of nitrogens with zero attached hydrogens (tertiary/aromatic N) is 2. The lowest BCUT2D eigenvalue weighted by atomic mass is 10.1. The van der Waals surface area contributed by atoms with Crippen molar-refractivity contribution < 1.29 is 9.53 Å². The summed E-state index contributed by atoms with van der Waals surface area (Å²) in [5.74, 6) is 1.78. The Morgan fingerprint density at radius 1 is 1.18 bits per heavy atom. The fourth-order valence-electron chi connectivity index (χ4n) is 2.52. The first-order chi connectivity index (χ1) is 13.7. The van der Waals surface area contributed by atoms with Crippen molar-refractivity contribution in [1.82, 2.24) is 9.97 Å². The molecule has 0 saturated heterocycles. The van der Waals surface area contributed by atoms with Crippen LogP contribution in [0.5, 0.6) is 5.75 Å². The highest BCUT2D eigenvalue weighted by molar-refractivity contribution is 7.99. The number of alkyl halides is 1. The molecule has 0 unspecified atom stereocenters. The standard InChI is InChI=1S/C21H20ClN3O2S/c1-27-17-7-5-15(6-8-17)13-19-23-12-10-21(25-19)28-18-4-2-3-16(14-18)24-20(26)9-11-22/h2-8,10,12,14H,9,11,13H2,1H3,(H,24,26). The third kappa shape index (κ3) is 5.97. The summed E-state index contributed by atoms with van der Waals surface area (Å²) in [5.41, 5.74) is 1.86. The van der Waals surface area contributed by atoms with E-state index in [0.29, 0.717) is 18.7 Å². The second-order valence-corrected chi connectivity index (χ2v) is 7.42. The molecular weight excluding hydrogens is 394 g/mol. The zero-order chi connectivity index (χ0) is 19.8. The maximum Gasteiger partial charge on any atom is 0.225 e. The van der Waals surface area contributed by atoms with E-state index in [2.05, 4.69) is 15.3 Å². The summed E-state index contributed by atoms with van der Waals surface area (Å²) in [5, 5.41) is 3.69. The number of carbonyl (C=O) groups excluding carboxylic acids is 1. The summed E-state index contributed by atoms with van der Waals surface area (Å²) < 4.78 is 5.18. The van der Waals surface area contributed by atoms with Crippen LogP contribution in [-0.4, -0.2) is 28.9 Å². The van der Waals surface area contributed by atoms with Gasteiger partial charge in [0.05, 0.1) is 7.11 Å². The lowest BCUT2D eigenvalue weighted by Crippen LogP contribution is -2.11. The first kappa shape index (κ1) is 20.2. The highest BCUT2D eigenvalue weighted by Crippen LogP contribution is 2.28. The maximum atomic E-state index is 11.7. The van der Waals surface area contributed by atoms with E-state index in [0.717, 1.165) is 32.7 Å². The van der Waals surface area contributed by atoms with Crippen molar-refractivity contribution >= 4 is 35.0 Å². The minimum atomic E-state index is -0.0963. The third-order valence-corrected chi connectivity index (χ3v) is 4.98. The highest BCUT2D eigenvalue weighted by atomic mass is 35.5. The fourth-order valence-corrected chi connectivity index (χ4v) is 3.54. The number of hydrogen-bond donors (Lipinski definition) is 1. The smallest absolute Gasteiger partial charge is 0.225 e. The molecule has 0 aliphatic heterocycles. The number of hydrogen-bond acceptors (Lipinski definition) is 5. The number of nitrogens with one attached hydrogen (secondary N) is 1. The monoisotopic (exact) mass is 413 g/mol. The molecule has 0 radical (unpaired) electrons. The topological polar surface area (TPSA) is 64.1 Å². The zero-order valence-electron chi connectivity index (χ0n) is 15.4. The van der Waals surface area contributed by atoms with Gasteiger partial charge in [0.2, 0.25) is 5.91 Å². The molecule has 1 aromatic heterocycles. The molecule has 2 aromatic carbocycles. The number of methoxy groups -OCH3 is 1. The number of benzene rings is 2. The van der Waals surface area contributed by atoms with E-state index in [-0.39, 0.29) is 5.91 Å². The second kappa shape index (κ2) is 10.1. The van der Waals surface area contributed by atoms with Crippen LogP contribution in [0, 0.1) is 0 Å². The van der Waals surface area contributed by atoms with Gasteiger partial charge in [-0.25, -0.2) is 9.97 Å². The summed E-state index contributed by atoms with van der Waals surface area (Å²) >= 11 is 7.13. The largest absolute Gasteiger partial charge is 0.497 e. The first-order valence-corrected chi connectivity index (χ1v) is 10.1. The van der Waals surface area contributed by atoms with E-state index in [9.17, 15) is 4.79 Å². The summed E-state index contributed by atoms with van der Waals surface area (Å²) in [6.07, 6.45) is 2.70. The number of halogens is 1. The number of anilines is 1. The van der Waals surface area contributed by atoms with E-state index in [1.54, 1.807) is 13.3 Å². The van der Waals surface area contributed by atoms with Crippen LogP contribution in [-0.2, 0) is 11.2 Å². The Kier molecular flexibility index (Phi) is 7.28. The van der Waals surface area contributed by atoms with Crippen LogP contribution in [0.1, 0.15) is 17.8 Å². The normalized spacial score (nSPS) is 10.5. The number of ether oxygens (including phenoxy) is 1. The molecule has 0 aliphatic rings. The van der Waals surface area contributed by atoms with Gasteiger partial charge in [-0.3, -0.25) is 4.79 Å². The zero-order valence-corrected chi connectivity index (χ0v) is 17.0. The average Bonchev–Trinajstić information content (AvgIpc) is 2.69. The van der Waals surface area contributed by atoms with Crippen LogP contribution in [0.2, 0.25) is 0 Å². The number of amides is 1. The van der Waals surface area contributed by atoms with Gasteiger partial charge in [-0.2, -0.15) is 0 Å². The Balaban J connectivity index is 1.67. The molecule has 5 nitrogen and oxygen atoms in total. The predicted octanol–water partition coefficient (Wildman–Crippen LogP) is 4.79. The Bertz CT molecular complexity index is 935. The van der Waals surface area contributed by atoms with Crippen molar-refractivity contribution in [2.45, 2.75) is 22.8 Å². The second-order valence-electron chi connectivity index (χ2n) is 5.95. The van der Waals surface area contributed by atoms with Crippen molar-refractivity contribution in [3.8, 4) is 5.75 Å². The first-order valence-electron chi connectivity index (χ1n) is 8.75. The van der Waals surface area contributed by atoms with Crippen molar-refractivity contribution in [2.24, 2.45) is 0 Å². The van der Waals surface area contributed by atoms with Gasteiger partial charge in [0.1, 0.15) is 16.6 Å². The van der Waals surface area contributed by atoms with Crippen LogP contribution in [0.25, 0.3) is 0 Å². The minimum absolute atomic E-state index is 0.0963. The molecule has 0 spiro atoms. The molecule has 0 aliphatic carbocycles. The van der Waals surface area contributed by atoms with Crippen LogP contribution in [0.3, 0.4) is 0 Å². The molecule has 0 saturated carbocycles. The van der Waals surface area contributed by atoms with Crippen LogP contribution in [0.4, 0.5) is 5.69 Å². The van der Waals surface area contributed by atoms with Gasteiger partial charge >= 0.3 is 0 Å². The predicted molar refractivity (Wildman–Crippen MR) is 112 cm³/mol. The quantitative estimate of drug-likeness (QED) is 0.424. The third-order valence-electron chi connectivity index (χ3n) is 3.86. The minimum Gasteiger partial charge on any atom is -0.497 e. The molecule has 0 bridgehead atoms. The van der Waals surface area contributed by atoms with E-state index >= 15 is 0 Å². The van der Waals surface area contributed by atoms with E-state index in [1.165, 1.54) is 11.8 Å². The maximum absolute atomic E-state index is 11.7. The summed E-state index contributed by atoms with van der Waals surface area (Å²) in [6.45, 7) is 0. The van der Waals surface area contributed by atoms with Gasteiger partial charge in [0.15, 0.2) is 0 Å². The fraction of sp³-hybridized carbons (Fsp3) is 0.190. The molecular formula is C21H20ClN3O2S. The Hall–Kier alpha value is -2.57. The van der Waals surface area contributed by atoms with Gasteiger partial charge in [0, 0.05) is 35.5 Å². The van der Waals surface area contributed by atoms with E-state index < -0.39 is 0 Å². The SMILES string of the molecule is COc1ccc(Cc2nccc(Sc3cccc(NC(=O)CCCl)c3)n2)cc1. The van der Waals surface area contributed by atoms with E-state index in [1.807, 2.05) is 54.6 Å². The molecule has 0 fully saturated rings. The van der Waals surface area contributed by atoms with Crippen molar-refractivity contribution in [1.29, 1.82) is 0 Å². The molecule has 3 rings (SSSR count). The highest BCUT2D eigenvalue weighted by Gasteiger charge is 2.06. The van der Waals surface area contributed by atoms with E-state index in [4.69, 9.17) is 16.3 Å². The van der Waals surface area contributed by atoms with Crippen LogP contribution < -0.4 is 10.1 Å². The van der Waals surface area contributed by atoms with Crippen molar-refractivity contribution in [2.75, 3.05) is 18.3 Å². The van der Waals surface area contributed by atoms with Crippen LogP contribution >= 0.6 is 23.4 Å². The average molecular weight is 414 g/mol. The van der Waals surface area contributed by atoms with Gasteiger partial charge in [0.25, 0.3) is 0 Å². The Labute approximate surface area is 173 Å². The molecule has 28 heavy (non-hydrogen) atoms. The molecule has 1 amide bonds. The lowest BCUT2D eigenvalue weighted by molar-refractivity contribution is -0.115. The number of rotatable bonds is 8. The summed E-state index contributed by atoms with van der Waals surface area (Å²) in [6, 6.07) is 17.4. The summed E-state index contributed by atoms with van der Waals surface area (Å²) in [4.78, 5) is 21.7. The molecule has 1 N–H and O–H groups in total. The number of carbonyl (C=O) groups is 1. The summed E-state index contributed by atoms with van der Waals surface area (Å²) in [7, 11) is 1.65. The van der Waals surface area contributed by atoms with Crippen molar-refractivity contribution in [3.63, 3.8) is 0 Å². The molecule has 144 valence electrons. The van der Waals surface area contributed by atoms with Gasteiger partial charge < -0.3 is 10.1 Å². The Morgan fingerprint density at radius 3 is 2.75 bits per heavy atom. The van der Waals surface area contributed by atoms with Gasteiger partial charge in [-0.1, -0.05) is 30.0 Å².